The Bertz CT molecular complexity index is 1930. The number of ketones is 1. The molecule has 2 atom stereocenters. The molecule has 1 aromatic heterocycles. The minimum atomic E-state index is -4.40. The van der Waals surface area contributed by atoms with Gasteiger partial charge >= 0.3 is 6.29 Å². The summed E-state index contributed by atoms with van der Waals surface area (Å²) in [6.07, 6.45) is -15.5. The van der Waals surface area contributed by atoms with E-state index in [0.29, 0.717) is 10.6 Å². The normalized spacial score (nSPS) is 29.0. The fraction of sp³-hybridized carbons (Fsp3) is 0.464. The molecule has 9 heteroatoms. The Morgan fingerprint density at radius 2 is 2.08 bits per heavy atom. The van der Waals surface area contributed by atoms with Crippen LogP contribution in [0.15, 0.2) is 36.3 Å². The number of aliphatic hydroxyl groups is 2. The van der Waals surface area contributed by atoms with Gasteiger partial charge in [0.05, 0.1) is 38.3 Å². The standard InChI is InChI=1S/C28H30F3NO5/c1-4-26(2,3)24-10-17-9-16(20(29)13-21(17)32(24)14-19(34)15-33)11-25(35)27(7-8-27)18-5-6-22-23(12-18)37-28(30,31)36-22/h5-6,9-10,12-13,19,33-34H,4,7-8,11,14-15H2,1-3H3/t19-/m1/s1/i2D3,5D,6D,7D2,8D2,12D,14D2,19D/t19-,26?. The molecule has 1 fully saturated rings. The van der Waals surface area contributed by atoms with E-state index in [1.807, 2.05) is 0 Å². The second-order valence-corrected chi connectivity index (χ2v) is 8.95. The topological polar surface area (TPSA) is 80.9 Å². The zero-order valence-corrected chi connectivity index (χ0v) is 19.6. The van der Waals surface area contributed by atoms with Crippen molar-refractivity contribution in [1.29, 1.82) is 0 Å². The maximum absolute atomic E-state index is 16.0. The molecule has 2 heterocycles. The van der Waals surface area contributed by atoms with Gasteiger partial charge in [0, 0.05) is 32.5 Å². The first kappa shape index (κ1) is 14.2. The number of fused-ring (bicyclic) bond motifs is 2. The molecule has 37 heavy (non-hydrogen) atoms. The minimum absolute atomic E-state index is 0.150. The number of hydrogen-bond acceptors (Lipinski definition) is 5. The molecular formula is C28H30F3NO5. The number of rotatable bonds is 9. The zero-order chi connectivity index (χ0) is 38.2. The van der Waals surface area contributed by atoms with Gasteiger partial charge in [-0.3, -0.25) is 4.79 Å². The lowest BCUT2D eigenvalue weighted by atomic mass is 9.86. The summed E-state index contributed by atoms with van der Waals surface area (Å²) in [5, 5.41) is 20.0. The molecule has 1 aliphatic carbocycles. The molecule has 1 aliphatic heterocycles. The Morgan fingerprint density at radius 3 is 2.73 bits per heavy atom. The summed E-state index contributed by atoms with van der Waals surface area (Å²) < 4.78 is 161. The van der Waals surface area contributed by atoms with Crippen molar-refractivity contribution < 1.29 is 55.5 Å². The van der Waals surface area contributed by atoms with Crippen molar-refractivity contribution >= 4 is 16.7 Å². The summed E-state index contributed by atoms with van der Waals surface area (Å²) in [5.41, 5.74) is -7.50. The maximum Gasteiger partial charge on any atom is 0.586 e. The molecule has 6 nitrogen and oxygen atoms in total. The monoisotopic (exact) mass is 530 g/mol. The van der Waals surface area contributed by atoms with Gasteiger partial charge in [-0.2, -0.15) is 0 Å². The van der Waals surface area contributed by atoms with E-state index in [1.165, 1.54) is 13.8 Å². The number of alkyl halides is 2. The van der Waals surface area contributed by atoms with Crippen LogP contribution in [0.2, 0.25) is 0 Å². The van der Waals surface area contributed by atoms with E-state index in [1.54, 1.807) is 0 Å². The molecule has 2 aliphatic rings. The molecule has 0 bridgehead atoms. The molecule has 2 aromatic carbocycles. The highest BCUT2D eigenvalue weighted by Gasteiger charge is 2.52. The molecule has 0 saturated heterocycles. The number of nitrogens with zero attached hydrogens (tertiary/aromatic N) is 1. The number of Topliss-reactive ketones (excluding diaryl/α,β-unsaturated/α-hetero) is 1. The maximum atomic E-state index is 16.0. The zero-order valence-electron chi connectivity index (χ0n) is 32.6. The molecule has 5 rings (SSSR count). The summed E-state index contributed by atoms with van der Waals surface area (Å²) in [6.45, 7) is -4.91. The molecule has 2 N–H and O–H groups in total. The van der Waals surface area contributed by atoms with Crippen LogP contribution in [0.25, 0.3) is 10.9 Å². The second-order valence-electron chi connectivity index (χ2n) is 8.95. The third-order valence-corrected chi connectivity index (χ3v) is 6.34. The van der Waals surface area contributed by atoms with Gasteiger partial charge < -0.3 is 24.3 Å². The van der Waals surface area contributed by atoms with E-state index >= 15 is 4.39 Å². The summed E-state index contributed by atoms with van der Waals surface area (Å²) >= 11 is 0. The highest BCUT2D eigenvalue weighted by atomic mass is 19.3. The van der Waals surface area contributed by atoms with Crippen LogP contribution in [-0.4, -0.2) is 39.5 Å². The predicted molar refractivity (Wildman–Crippen MR) is 131 cm³/mol. The van der Waals surface area contributed by atoms with Crippen molar-refractivity contribution in [2.45, 2.75) is 76.0 Å². The molecule has 0 spiro atoms. The van der Waals surface area contributed by atoms with Crippen molar-refractivity contribution in [1.82, 2.24) is 4.57 Å². The van der Waals surface area contributed by atoms with Gasteiger partial charge in [-0.25, -0.2) is 4.39 Å². The number of carbonyl (C=O) groups excluding carboxylic acids is 1. The average Bonchev–Trinajstić information content (AvgIpc) is 3.34. The van der Waals surface area contributed by atoms with E-state index in [-0.39, 0.29) is 17.5 Å². The Labute approximate surface area is 230 Å². The van der Waals surface area contributed by atoms with Gasteiger partial charge in [0.2, 0.25) is 0 Å². The summed E-state index contributed by atoms with van der Waals surface area (Å²) in [5.74, 6) is -4.99. The van der Waals surface area contributed by atoms with Crippen LogP contribution in [-0.2, 0) is 28.5 Å². The summed E-state index contributed by atoms with van der Waals surface area (Å²) in [6, 6.07) is -0.882. The highest BCUT2D eigenvalue weighted by Crippen LogP contribution is 2.52. The largest absolute Gasteiger partial charge is 0.586 e. The van der Waals surface area contributed by atoms with Crippen LogP contribution < -0.4 is 9.47 Å². The molecule has 0 radical (unpaired) electrons. The third kappa shape index (κ3) is 4.48. The van der Waals surface area contributed by atoms with Crippen molar-refractivity contribution in [2.75, 3.05) is 6.61 Å². The number of halogens is 3. The SMILES string of the molecule is [2H]c1c([2H])c(C2(C(=O)Cc3cc4cc(C(C)(CC)C([2H])([2H])[2H])n(C([2H])([2H])[C@@]([2H])(O)CO)c4cc3F)C([2H])([2H])C2([2H])[2H])c([2H])c2c1OC(F)(F)O2. The highest BCUT2D eigenvalue weighted by molar-refractivity contribution is 5.95. The quantitative estimate of drug-likeness (QED) is 0.408. The first-order chi connectivity index (χ1) is 22.5. The fourth-order valence-corrected chi connectivity index (χ4v) is 4.02. The lowest BCUT2D eigenvalue weighted by Crippen LogP contribution is -2.26. The number of ether oxygens (including phenoxy) is 2. The lowest BCUT2D eigenvalue weighted by Gasteiger charge is -2.26. The molecule has 3 aromatic rings. The van der Waals surface area contributed by atoms with Gasteiger partial charge in [0.1, 0.15) is 11.6 Å². The number of aliphatic hydroxyl groups excluding tert-OH is 1. The lowest BCUT2D eigenvalue weighted by molar-refractivity contribution is -0.286. The molecule has 1 unspecified atom stereocenters. The molecule has 1 saturated carbocycles. The number of aromatic nitrogens is 1. The third-order valence-electron chi connectivity index (χ3n) is 6.34. The van der Waals surface area contributed by atoms with E-state index in [2.05, 4.69) is 9.47 Å². The number of carbonyl (C=O) groups is 1. The average molecular weight is 531 g/mol. The van der Waals surface area contributed by atoms with E-state index in [9.17, 15) is 23.8 Å². The molecule has 198 valence electrons. The van der Waals surface area contributed by atoms with Gasteiger partial charge in [-0.1, -0.05) is 26.7 Å². The Hall–Kier alpha value is -3.04. The van der Waals surface area contributed by atoms with Crippen molar-refractivity contribution in [2.24, 2.45) is 0 Å². The predicted octanol–water partition coefficient (Wildman–Crippen LogP) is 4.99. The van der Waals surface area contributed by atoms with Gasteiger partial charge in [0.15, 0.2) is 11.5 Å². The van der Waals surface area contributed by atoms with Crippen LogP contribution in [0, 0.1) is 5.82 Å². The van der Waals surface area contributed by atoms with Crippen LogP contribution in [0.1, 0.15) is 74.5 Å². The smallest absolute Gasteiger partial charge is 0.395 e. The molecular weight excluding hydrogens is 487 g/mol. The first-order valence-corrected chi connectivity index (χ1v) is 11.2. The van der Waals surface area contributed by atoms with Crippen LogP contribution in [0.3, 0.4) is 0 Å². The Morgan fingerprint density at radius 1 is 1.35 bits per heavy atom. The molecule has 0 amide bonds. The minimum Gasteiger partial charge on any atom is -0.395 e. The first-order valence-electron chi connectivity index (χ1n) is 17.7. The Balaban J connectivity index is 1.73. The van der Waals surface area contributed by atoms with Crippen molar-refractivity contribution in [3.8, 4) is 11.5 Å². The fourth-order valence-electron chi connectivity index (χ4n) is 4.02. The Kier molecular flexibility index (Phi) is 3.37. The van der Waals surface area contributed by atoms with Crippen molar-refractivity contribution in [3.63, 3.8) is 0 Å². The van der Waals surface area contributed by atoms with Crippen LogP contribution in [0.4, 0.5) is 13.2 Å². The summed E-state index contributed by atoms with van der Waals surface area (Å²) in [4.78, 5) is 14.1. The number of hydrogen-bond donors (Lipinski definition) is 2. The van der Waals surface area contributed by atoms with Crippen LogP contribution >= 0.6 is 0 Å². The van der Waals surface area contributed by atoms with Gasteiger partial charge in [0.25, 0.3) is 0 Å². The summed E-state index contributed by atoms with van der Waals surface area (Å²) in [7, 11) is 0. The van der Waals surface area contributed by atoms with Crippen LogP contribution in [0.5, 0.6) is 11.5 Å². The van der Waals surface area contributed by atoms with Gasteiger partial charge in [-0.15, -0.1) is 8.78 Å². The van der Waals surface area contributed by atoms with E-state index < -0.39 is 120 Å². The van der Waals surface area contributed by atoms with E-state index in [4.69, 9.17) is 17.8 Å². The van der Waals surface area contributed by atoms with Crippen molar-refractivity contribution in [3.05, 3.63) is 59.0 Å². The second kappa shape index (κ2) is 8.77. The number of benzene rings is 2. The van der Waals surface area contributed by atoms with E-state index in [0.717, 1.165) is 12.1 Å². The van der Waals surface area contributed by atoms with Gasteiger partial charge in [-0.05, 0) is 60.6 Å².